The lowest BCUT2D eigenvalue weighted by atomic mass is 10.3. The van der Waals surface area contributed by atoms with E-state index in [2.05, 4.69) is 45.2 Å². The van der Waals surface area contributed by atoms with E-state index >= 15 is 0 Å². The third-order valence-corrected chi connectivity index (χ3v) is 5.24. The molecule has 0 saturated heterocycles. The highest BCUT2D eigenvalue weighted by Gasteiger charge is 2.19. The van der Waals surface area contributed by atoms with Crippen LogP contribution in [0.2, 0.25) is 25.7 Å². The maximum absolute atomic E-state index is 12.3. The molecule has 0 bridgehead atoms. The zero-order chi connectivity index (χ0) is 19.7. The molecule has 2 N–H and O–H groups in total. The van der Waals surface area contributed by atoms with E-state index in [4.69, 9.17) is 4.74 Å². The van der Waals surface area contributed by atoms with Gasteiger partial charge in [-0.15, -0.1) is 0 Å². The first-order valence-corrected chi connectivity index (χ1v) is 12.8. The molecular formula is C15H24N4O5SSi. The van der Waals surface area contributed by atoms with E-state index in [1.165, 1.54) is 24.9 Å². The lowest BCUT2D eigenvalue weighted by Gasteiger charge is -2.17. The number of nitrogens with zero attached hydrogens (tertiary/aromatic N) is 2. The topological polar surface area (TPSA) is 120 Å². The third kappa shape index (κ3) is 8.29. The van der Waals surface area contributed by atoms with Crippen molar-refractivity contribution in [1.82, 2.24) is 20.8 Å². The average Bonchev–Trinajstić information content (AvgIpc) is 2.56. The van der Waals surface area contributed by atoms with Crippen molar-refractivity contribution in [2.45, 2.75) is 37.8 Å². The quantitative estimate of drug-likeness (QED) is 0.220. The molecule has 1 aromatic heterocycles. The Morgan fingerprint density at radius 3 is 2.50 bits per heavy atom. The van der Waals surface area contributed by atoms with Gasteiger partial charge in [-0.25, -0.2) is 4.98 Å². The first-order chi connectivity index (χ1) is 12.1. The highest BCUT2D eigenvalue weighted by Crippen LogP contribution is 2.20. The van der Waals surface area contributed by atoms with Crippen LogP contribution in [0, 0.1) is 0 Å². The van der Waals surface area contributed by atoms with Crippen molar-refractivity contribution in [3.05, 3.63) is 11.8 Å². The summed E-state index contributed by atoms with van der Waals surface area (Å²) >= 11 is 1.33. The maximum atomic E-state index is 12.3. The van der Waals surface area contributed by atoms with Gasteiger partial charge in [0, 0.05) is 21.2 Å². The van der Waals surface area contributed by atoms with Gasteiger partial charge in [0.2, 0.25) is 5.88 Å². The Morgan fingerprint density at radius 1 is 1.23 bits per heavy atom. The Labute approximate surface area is 157 Å². The van der Waals surface area contributed by atoms with Gasteiger partial charge >= 0.3 is 5.97 Å². The molecule has 0 aliphatic heterocycles. The van der Waals surface area contributed by atoms with Crippen molar-refractivity contribution in [2.75, 3.05) is 19.5 Å². The second-order valence-electron chi connectivity index (χ2n) is 6.52. The standard InChI is InChI=1S/C15H24N4O5SSi/c1-10(20)24-9-12(21)18-19-13(22)11-8-16-15(25-2)17-14(11)23-6-7-26(3,4)5/h8H,6-7,9H2,1-5H3,(H,18,21)(H,19,22). The fraction of sp³-hybridized carbons (Fsp3) is 0.533. The van der Waals surface area contributed by atoms with E-state index in [1.807, 2.05) is 6.26 Å². The van der Waals surface area contributed by atoms with E-state index in [0.717, 1.165) is 6.04 Å². The van der Waals surface area contributed by atoms with E-state index in [1.54, 1.807) is 0 Å². The monoisotopic (exact) mass is 400 g/mol. The SMILES string of the molecule is CSc1ncc(C(=O)NNC(=O)COC(C)=O)c(OCC[Si](C)(C)C)n1. The van der Waals surface area contributed by atoms with Gasteiger partial charge in [0.15, 0.2) is 11.8 Å². The number of thioether (sulfide) groups is 1. The first kappa shape index (κ1) is 21.9. The van der Waals surface area contributed by atoms with Crippen molar-refractivity contribution >= 4 is 37.6 Å². The second-order valence-corrected chi connectivity index (χ2v) is 12.9. The number of hydrogen-bond acceptors (Lipinski definition) is 8. The summed E-state index contributed by atoms with van der Waals surface area (Å²) in [5, 5.41) is 0.475. The van der Waals surface area contributed by atoms with Crippen molar-refractivity contribution in [2.24, 2.45) is 0 Å². The molecule has 1 rings (SSSR count). The summed E-state index contributed by atoms with van der Waals surface area (Å²) in [6.07, 6.45) is 3.16. The fourth-order valence-electron chi connectivity index (χ4n) is 1.57. The maximum Gasteiger partial charge on any atom is 0.303 e. The van der Waals surface area contributed by atoms with Gasteiger partial charge in [-0.1, -0.05) is 31.4 Å². The van der Waals surface area contributed by atoms with Crippen LogP contribution < -0.4 is 15.6 Å². The molecule has 11 heteroatoms. The Hall–Kier alpha value is -2.14. The molecule has 2 amide bonds. The van der Waals surface area contributed by atoms with Crippen LogP contribution in [0.25, 0.3) is 0 Å². The zero-order valence-corrected chi connectivity index (χ0v) is 17.4. The third-order valence-electron chi connectivity index (χ3n) is 2.97. The lowest BCUT2D eigenvalue weighted by molar-refractivity contribution is -0.146. The van der Waals surface area contributed by atoms with E-state index in [9.17, 15) is 14.4 Å². The summed E-state index contributed by atoms with van der Waals surface area (Å²) in [5.74, 6) is -1.73. The molecule has 1 heterocycles. The van der Waals surface area contributed by atoms with E-state index in [0.29, 0.717) is 11.8 Å². The predicted octanol–water partition coefficient (Wildman–Crippen LogP) is 1.24. The lowest BCUT2D eigenvalue weighted by Crippen LogP contribution is -2.43. The minimum absolute atomic E-state index is 0.103. The smallest absolute Gasteiger partial charge is 0.303 e. The zero-order valence-electron chi connectivity index (χ0n) is 15.5. The Balaban J connectivity index is 2.74. The van der Waals surface area contributed by atoms with Gasteiger partial charge in [0.1, 0.15) is 5.56 Å². The van der Waals surface area contributed by atoms with Gasteiger partial charge in [-0.3, -0.25) is 25.2 Å². The minimum atomic E-state index is -1.30. The van der Waals surface area contributed by atoms with Crippen molar-refractivity contribution < 1.29 is 23.9 Å². The normalized spacial score (nSPS) is 10.8. The van der Waals surface area contributed by atoms with E-state index < -0.39 is 32.5 Å². The molecule has 1 aromatic rings. The number of hydrazine groups is 1. The molecule has 0 saturated carbocycles. The highest BCUT2D eigenvalue weighted by atomic mass is 32.2. The highest BCUT2D eigenvalue weighted by molar-refractivity contribution is 7.98. The second kappa shape index (κ2) is 10.1. The summed E-state index contributed by atoms with van der Waals surface area (Å²) in [7, 11) is -1.30. The fourth-order valence-corrected chi connectivity index (χ4v) is 2.61. The molecular weight excluding hydrogens is 376 g/mol. The van der Waals surface area contributed by atoms with Crippen molar-refractivity contribution in [1.29, 1.82) is 0 Å². The number of hydrogen-bond donors (Lipinski definition) is 2. The van der Waals surface area contributed by atoms with Gasteiger partial charge < -0.3 is 9.47 Å². The molecule has 0 aromatic carbocycles. The summed E-state index contributed by atoms with van der Waals surface area (Å²) in [5.41, 5.74) is 4.47. The number of rotatable bonds is 8. The van der Waals surface area contributed by atoms with Crippen LogP contribution in [-0.4, -0.2) is 55.3 Å². The Kier molecular flexibility index (Phi) is 8.52. The van der Waals surface area contributed by atoms with Crippen LogP contribution in [0.1, 0.15) is 17.3 Å². The number of amides is 2. The van der Waals surface area contributed by atoms with Crippen LogP contribution in [0.5, 0.6) is 5.88 Å². The van der Waals surface area contributed by atoms with Gasteiger partial charge in [-0.2, -0.15) is 4.98 Å². The molecule has 0 aliphatic rings. The van der Waals surface area contributed by atoms with Crippen LogP contribution in [0.3, 0.4) is 0 Å². The molecule has 144 valence electrons. The van der Waals surface area contributed by atoms with Crippen LogP contribution in [-0.2, 0) is 14.3 Å². The summed E-state index contributed by atoms with van der Waals surface area (Å²) in [4.78, 5) is 42.7. The van der Waals surface area contributed by atoms with Gasteiger partial charge in [0.25, 0.3) is 11.8 Å². The van der Waals surface area contributed by atoms with Crippen LogP contribution in [0.4, 0.5) is 0 Å². The summed E-state index contributed by atoms with van der Waals surface area (Å²) < 4.78 is 10.2. The molecule has 0 aliphatic carbocycles. The molecule has 26 heavy (non-hydrogen) atoms. The van der Waals surface area contributed by atoms with Crippen LogP contribution in [0.15, 0.2) is 11.4 Å². The predicted molar refractivity (Wildman–Crippen MR) is 99.7 cm³/mol. The van der Waals surface area contributed by atoms with E-state index in [-0.39, 0.29) is 11.4 Å². The number of ether oxygens (including phenoxy) is 2. The summed E-state index contributed by atoms with van der Waals surface area (Å²) in [6.45, 7) is 7.79. The number of esters is 1. The Morgan fingerprint density at radius 2 is 1.92 bits per heavy atom. The Bertz CT molecular complexity index is 666. The molecule has 0 fully saturated rings. The van der Waals surface area contributed by atoms with Gasteiger partial charge in [0.05, 0.1) is 6.61 Å². The molecule has 0 spiro atoms. The molecule has 0 radical (unpaired) electrons. The number of carbonyl (C=O) groups is 3. The largest absolute Gasteiger partial charge is 0.477 e. The molecule has 0 atom stereocenters. The molecule has 9 nitrogen and oxygen atoms in total. The van der Waals surface area contributed by atoms with Crippen molar-refractivity contribution in [3.8, 4) is 5.88 Å². The average molecular weight is 401 g/mol. The summed E-state index contributed by atoms with van der Waals surface area (Å²) in [6, 6.07) is 0.909. The van der Waals surface area contributed by atoms with Gasteiger partial charge in [-0.05, 0) is 12.3 Å². The minimum Gasteiger partial charge on any atom is -0.477 e. The molecule has 0 unspecified atom stereocenters. The van der Waals surface area contributed by atoms with Crippen molar-refractivity contribution in [3.63, 3.8) is 0 Å². The number of carbonyl (C=O) groups excluding carboxylic acids is 3. The number of nitrogens with one attached hydrogen (secondary N) is 2. The van der Waals surface area contributed by atoms with Crippen LogP contribution >= 0.6 is 11.8 Å². The first-order valence-electron chi connectivity index (χ1n) is 7.89. The number of aromatic nitrogens is 2.